The largest absolute Gasteiger partial charge is 0.490 e. The van der Waals surface area contributed by atoms with Gasteiger partial charge in [0.25, 0.3) is 5.91 Å². The van der Waals surface area contributed by atoms with E-state index in [2.05, 4.69) is 27.9 Å². The summed E-state index contributed by atoms with van der Waals surface area (Å²) in [5.41, 5.74) is 1.32. The molecular formula is C16H14INO3. The first-order valence-electron chi connectivity index (χ1n) is 6.69. The third-order valence-corrected chi connectivity index (χ3v) is 3.83. The molecule has 1 heterocycles. The van der Waals surface area contributed by atoms with E-state index >= 15 is 0 Å². The number of fused-ring (bicyclic) bond motifs is 1. The molecule has 1 amide bonds. The second-order valence-electron chi connectivity index (χ2n) is 4.67. The molecule has 0 spiro atoms. The average Bonchev–Trinajstić information content (AvgIpc) is 2.74. The highest BCUT2D eigenvalue weighted by Crippen LogP contribution is 2.30. The third-order valence-electron chi connectivity index (χ3n) is 3.11. The van der Waals surface area contributed by atoms with Gasteiger partial charge in [-0.2, -0.15) is 0 Å². The Balaban J connectivity index is 1.78. The molecular weight excluding hydrogens is 381 g/mol. The number of anilines is 1. The smallest absolute Gasteiger partial charge is 0.255 e. The second-order valence-corrected chi connectivity index (χ2v) is 5.92. The fourth-order valence-electron chi connectivity index (χ4n) is 2.04. The van der Waals surface area contributed by atoms with Gasteiger partial charge >= 0.3 is 0 Å². The molecule has 108 valence electrons. The van der Waals surface area contributed by atoms with Crippen molar-refractivity contribution in [2.45, 2.75) is 6.42 Å². The maximum atomic E-state index is 12.3. The van der Waals surface area contributed by atoms with Gasteiger partial charge in [-0.1, -0.05) is 0 Å². The van der Waals surface area contributed by atoms with Gasteiger partial charge in [0.1, 0.15) is 0 Å². The van der Waals surface area contributed by atoms with Crippen molar-refractivity contribution < 1.29 is 14.3 Å². The number of hydrogen-bond donors (Lipinski definition) is 1. The van der Waals surface area contributed by atoms with E-state index in [9.17, 15) is 4.79 Å². The Morgan fingerprint density at radius 2 is 1.71 bits per heavy atom. The van der Waals surface area contributed by atoms with Crippen LogP contribution in [0.2, 0.25) is 0 Å². The van der Waals surface area contributed by atoms with Crippen LogP contribution in [-0.2, 0) is 0 Å². The summed E-state index contributed by atoms with van der Waals surface area (Å²) >= 11 is 2.23. The van der Waals surface area contributed by atoms with Crippen molar-refractivity contribution >= 4 is 34.2 Å². The van der Waals surface area contributed by atoms with Gasteiger partial charge in [0.2, 0.25) is 0 Å². The minimum atomic E-state index is -0.160. The van der Waals surface area contributed by atoms with Gasteiger partial charge in [0.05, 0.1) is 13.2 Å². The first-order chi connectivity index (χ1) is 10.2. The van der Waals surface area contributed by atoms with Gasteiger partial charge in [-0.05, 0) is 65.1 Å². The Morgan fingerprint density at radius 3 is 2.48 bits per heavy atom. The van der Waals surface area contributed by atoms with Gasteiger partial charge in [-0.3, -0.25) is 4.79 Å². The molecule has 2 aromatic carbocycles. The summed E-state index contributed by atoms with van der Waals surface area (Å²) in [6.07, 6.45) is 0.846. The third kappa shape index (κ3) is 3.47. The van der Waals surface area contributed by atoms with E-state index in [1.807, 2.05) is 24.3 Å². The van der Waals surface area contributed by atoms with Gasteiger partial charge in [-0.25, -0.2) is 0 Å². The Bertz CT molecular complexity index is 655. The summed E-state index contributed by atoms with van der Waals surface area (Å²) in [5, 5.41) is 2.87. The molecule has 2 aromatic rings. The van der Waals surface area contributed by atoms with Gasteiger partial charge in [-0.15, -0.1) is 0 Å². The average molecular weight is 395 g/mol. The fraction of sp³-hybridized carbons (Fsp3) is 0.188. The molecule has 21 heavy (non-hydrogen) atoms. The fourth-order valence-corrected chi connectivity index (χ4v) is 2.40. The highest BCUT2D eigenvalue weighted by atomic mass is 127. The highest BCUT2D eigenvalue weighted by Gasteiger charge is 2.14. The zero-order valence-corrected chi connectivity index (χ0v) is 13.4. The van der Waals surface area contributed by atoms with E-state index < -0.39 is 0 Å². The van der Waals surface area contributed by atoms with Crippen molar-refractivity contribution in [2.75, 3.05) is 18.5 Å². The first kappa shape index (κ1) is 14.2. The van der Waals surface area contributed by atoms with Crippen LogP contribution in [0.1, 0.15) is 16.8 Å². The van der Waals surface area contributed by atoms with Crippen LogP contribution < -0.4 is 14.8 Å². The molecule has 0 saturated carbocycles. The summed E-state index contributed by atoms with van der Waals surface area (Å²) in [7, 11) is 0. The number of nitrogens with one attached hydrogen (secondary N) is 1. The molecule has 0 radical (unpaired) electrons. The van der Waals surface area contributed by atoms with E-state index in [1.54, 1.807) is 18.2 Å². The molecule has 0 unspecified atom stereocenters. The summed E-state index contributed by atoms with van der Waals surface area (Å²) in [6.45, 7) is 1.25. The van der Waals surface area contributed by atoms with Crippen LogP contribution >= 0.6 is 22.6 Å². The summed E-state index contributed by atoms with van der Waals surface area (Å²) in [5.74, 6) is 1.16. The van der Waals surface area contributed by atoms with Crippen molar-refractivity contribution in [1.29, 1.82) is 0 Å². The summed E-state index contributed by atoms with van der Waals surface area (Å²) in [6, 6.07) is 12.9. The number of carbonyl (C=O) groups is 1. The van der Waals surface area contributed by atoms with E-state index in [1.165, 1.54) is 0 Å². The number of ether oxygens (including phenoxy) is 2. The van der Waals surface area contributed by atoms with Crippen molar-refractivity contribution in [3.8, 4) is 11.5 Å². The molecule has 5 heteroatoms. The molecule has 0 aromatic heterocycles. The lowest BCUT2D eigenvalue weighted by atomic mass is 10.2. The first-order valence-corrected chi connectivity index (χ1v) is 7.77. The molecule has 0 saturated heterocycles. The van der Waals surface area contributed by atoms with E-state index in [4.69, 9.17) is 9.47 Å². The Morgan fingerprint density at radius 1 is 1.00 bits per heavy atom. The number of hydrogen-bond acceptors (Lipinski definition) is 3. The maximum absolute atomic E-state index is 12.3. The normalized spacial score (nSPS) is 13.4. The predicted molar refractivity (Wildman–Crippen MR) is 89.2 cm³/mol. The molecule has 0 atom stereocenters. The number of amides is 1. The molecule has 1 aliphatic heterocycles. The van der Waals surface area contributed by atoms with E-state index in [0.717, 1.165) is 15.7 Å². The Hall–Kier alpha value is -1.76. The molecule has 1 N–H and O–H groups in total. The minimum Gasteiger partial charge on any atom is -0.490 e. The second kappa shape index (κ2) is 6.34. The molecule has 3 rings (SSSR count). The van der Waals surface area contributed by atoms with E-state index in [0.29, 0.717) is 30.3 Å². The number of halogens is 1. The zero-order chi connectivity index (χ0) is 14.7. The lowest BCUT2D eigenvalue weighted by Crippen LogP contribution is -2.12. The number of benzene rings is 2. The van der Waals surface area contributed by atoms with Crippen LogP contribution in [0, 0.1) is 3.57 Å². The van der Waals surface area contributed by atoms with Gasteiger partial charge in [0.15, 0.2) is 11.5 Å². The lowest BCUT2D eigenvalue weighted by Gasteiger charge is -2.10. The molecule has 4 nitrogen and oxygen atoms in total. The Kier molecular flexibility index (Phi) is 4.28. The predicted octanol–water partition coefficient (Wildman–Crippen LogP) is 3.70. The molecule has 0 aliphatic carbocycles. The maximum Gasteiger partial charge on any atom is 0.255 e. The summed E-state index contributed by atoms with van der Waals surface area (Å²) in [4.78, 5) is 12.3. The monoisotopic (exact) mass is 395 g/mol. The van der Waals surface area contributed by atoms with Crippen LogP contribution in [-0.4, -0.2) is 19.1 Å². The summed E-state index contributed by atoms with van der Waals surface area (Å²) < 4.78 is 12.3. The SMILES string of the molecule is O=C(Nc1ccc(I)cc1)c1ccc2c(c1)OCCCO2. The molecule has 0 bridgehead atoms. The van der Waals surface area contributed by atoms with Crippen LogP contribution in [0.4, 0.5) is 5.69 Å². The van der Waals surface area contributed by atoms with Crippen molar-refractivity contribution in [2.24, 2.45) is 0 Å². The topological polar surface area (TPSA) is 47.6 Å². The standard InChI is InChI=1S/C16H14INO3/c17-12-3-5-13(6-4-12)18-16(19)11-2-7-14-15(10-11)21-9-1-8-20-14/h2-7,10H,1,8-9H2,(H,18,19). The van der Waals surface area contributed by atoms with Gasteiger partial charge < -0.3 is 14.8 Å². The van der Waals surface area contributed by atoms with Crippen LogP contribution in [0.25, 0.3) is 0 Å². The highest BCUT2D eigenvalue weighted by molar-refractivity contribution is 14.1. The zero-order valence-electron chi connectivity index (χ0n) is 11.3. The van der Waals surface area contributed by atoms with Crippen LogP contribution in [0.15, 0.2) is 42.5 Å². The molecule has 1 aliphatic rings. The van der Waals surface area contributed by atoms with Crippen molar-refractivity contribution in [3.63, 3.8) is 0 Å². The number of carbonyl (C=O) groups excluding carboxylic acids is 1. The number of rotatable bonds is 2. The quantitative estimate of drug-likeness (QED) is 0.789. The van der Waals surface area contributed by atoms with Crippen LogP contribution in [0.5, 0.6) is 11.5 Å². The molecule has 0 fully saturated rings. The van der Waals surface area contributed by atoms with Crippen molar-refractivity contribution in [3.05, 3.63) is 51.6 Å². The van der Waals surface area contributed by atoms with Gasteiger partial charge in [0, 0.05) is 21.2 Å². The van der Waals surface area contributed by atoms with E-state index in [-0.39, 0.29) is 5.91 Å². The van der Waals surface area contributed by atoms with Crippen molar-refractivity contribution in [1.82, 2.24) is 0 Å². The minimum absolute atomic E-state index is 0.160. The Labute approximate surface area is 136 Å². The van der Waals surface area contributed by atoms with Crippen LogP contribution in [0.3, 0.4) is 0 Å². The lowest BCUT2D eigenvalue weighted by molar-refractivity contribution is 0.102.